The quantitative estimate of drug-likeness (QED) is 0.922. The van der Waals surface area contributed by atoms with Crippen LogP contribution in [0, 0.1) is 17.8 Å². The smallest absolute Gasteiger partial charge is 0.0420 e. The third kappa shape index (κ3) is 2.48. The van der Waals surface area contributed by atoms with Gasteiger partial charge in [-0.05, 0) is 65.7 Å². The van der Waals surface area contributed by atoms with Crippen LogP contribution in [-0.2, 0) is 6.42 Å². The number of halogens is 1. The number of pyridine rings is 1. The molecule has 98 valence electrons. The van der Waals surface area contributed by atoms with Crippen molar-refractivity contribution in [3.05, 3.63) is 28.5 Å². The zero-order chi connectivity index (χ0) is 12.5. The number of hydrogen-bond donors (Lipinski definition) is 1. The van der Waals surface area contributed by atoms with Crippen molar-refractivity contribution in [2.24, 2.45) is 17.8 Å². The van der Waals surface area contributed by atoms with Gasteiger partial charge in [0.15, 0.2) is 0 Å². The van der Waals surface area contributed by atoms with E-state index in [1.54, 1.807) is 0 Å². The highest BCUT2D eigenvalue weighted by molar-refractivity contribution is 9.10. The number of nitrogens with zero attached hydrogens (tertiary/aromatic N) is 1. The molecule has 1 aromatic heterocycles. The molecule has 2 fully saturated rings. The Morgan fingerprint density at radius 3 is 2.61 bits per heavy atom. The summed E-state index contributed by atoms with van der Waals surface area (Å²) in [4.78, 5) is 4.51. The third-order valence-electron chi connectivity index (χ3n) is 4.78. The molecule has 3 rings (SSSR count). The van der Waals surface area contributed by atoms with E-state index in [0.29, 0.717) is 6.04 Å². The zero-order valence-corrected chi connectivity index (χ0v) is 12.5. The molecule has 18 heavy (non-hydrogen) atoms. The maximum Gasteiger partial charge on any atom is 0.0420 e. The van der Waals surface area contributed by atoms with Gasteiger partial charge in [0.1, 0.15) is 0 Å². The zero-order valence-electron chi connectivity index (χ0n) is 10.9. The number of fused-ring (bicyclic) bond motifs is 1. The van der Waals surface area contributed by atoms with Crippen LogP contribution in [0.15, 0.2) is 22.8 Å². The molecular weight excluding hydrogens is 288 g/mol. The second kappa shape index (κ2) is 5.30. The van der Waals surface area contributed by atoms with E-state index in [1.807, 2.05) is 6.20 Å². The van der Waals surface area contributed by atoms with E-state index in [2.05, 4.69) is 45.4 Å². The highest BCUT2D eigenvalue weighted by atomic mass is 79.9. The maximum atomic E-state index is 4.51. The molecule has 1 N–H and O–H groups in total. The Morgan fingerprint density at radius 1 is 1.33 bits per heavy atom. The van der Waals surface area contributed by atoms with Crippen molar-refractivity contribution >= 4 is 15.9 Å². The molecule has 1 aromatic rings. The predicted molar refractivity (Wildman–Crippen MR) is 77.4 cm³/mol. The minimum atomic E-state index is 0.617. The topological polar surface area (TPSA) is 24.9 Å². The third-order valence-corrected chi connectivity index (χ3v) is 5.24. The lowest BCUT2D eigenvalue weighted by Crippen LogP contribution is -2.31. The van der Waals surface area contributed by atoms with Crippen LogP contribution in [-0.4, -0.2) is 18.1 Å². The summed E-state index contributed by atoms with van der Waals surface area (Å²) in [5.74, 6) is 2.92. The lowest BCUT2D eigenvalue weighted by Gasteiger charge is -2.16. The Balaban J connectivity index is 1.65. The standard InChI is InChI=1S/C15H21BrN2/c1-17-14(8-11-7-6-10(16)9-18-11)15-12-4-2-3-5-13(12)15/h6-7,9,12-15,17H,2-5,8H2,1H3. The Kier molecular flexibility index (Phi) is 3.71. The lowest BCUT2D eigenvalue weighted by atomic mass is 10.0. The van der Waals surface area contributed by atoms with Crippen molar-refractivity contribution in [1.82, 2.24) is 10.3 Å². The molecule has 0 aliphatic heterocycles. The van der Waals surface area contributed by atoms with E-state index < -0.39 is 0 Å². The number of nitrogens with one attached hydrogen (secondary N) is 1. The largest absolute Gasteiger partial charge is 0.316 e. The SMILES string of the molecule is CNC(Cc1ccc(Br)cn1)C1C2CCCCC21. The minimum Gasteiger partial charge on any atom is -0.316 e. The first-order valence-electron chi connectivity index (χ1n) is 7.07. The molecule has 1 heterocycles. The van der Waals surface area contributed by atoms with Gasteiger partial charge in [-0.15, -0.1) is 0 Å². The van der Waals surface area contributed by atoms with E-state index in [-0.39, 0.29) is 0 Å². The van der Waals surface area contributed by atoms with Crippen molar-refractivity contribution in [3.63, 3.8) is 0 Å². The fraction of sp³-hybridized carbons (Fsp3) is 0.667. The molecular formula is C15H21BrN2. The Hall–Kier alpha value is -0.410. The van der Waals surface area contributed by atoms with Crippen LogP contribution in [0.3, 0.4) is 0 Å². The van der Waals surface area contributed by atoms with Crippen molar-refractivity contribution in [1.29, 1.82) is 0 Å². The summed E-state index contributed by atoms with van der Waals surface area (Å²) >= 11 is 3.44. The van der Waals surface area contributed by atoms with Gasteiger partial charge in [-0.1, -0.05) is 12.8 Å². The molecule has 2 aliphatic carbocycles. The molecule has 3 heteroatoms. The first kappa shape index (κ1) is 12.6. The van der Waals surface area contributed by atoms with E-state index in [9.17, 15) is 0 Å². The summed E-state index contributed by atoms with van der Waals surface area (Å²) < 4.78 is 1.06. The summed E-state index contributed by atoms with van der Waals surface area (Å²) in [7, 11) is 2.11. The molecule has 0 aromatic carbocycles. The Morgan fingerprint density at radius 2 is 2.06 bits per heavy atom. The highest BCUT2D eigenvalue weighted by Crippen LogP contribution is 2.57. The number of likely N-dealkylation sites (N-methyl/N-ethyl adjacent to an activating group) is 1. The van der Waals surface area contributed by atoms with E-state index >= 15 is 0 Å². The van der Waals surface area contributed by atoms with Crippen molar-refractivity contribution < 1.29 is 0 Å². The van der Waals surface area contributed by atoms with E-state index in [0.717, 1.165) is 28.6 Å². The number of hydrogen-bond acceptors (Lipinski definition) is 2. The van der Waals surface area contributed by atoms with Crippen LogP contribution >= 0.6 is 15.9 Å². The van der Waals surface area contributed by atoms with Gasteiger partial charge in [-0.3, -0.25) is 4.98 Å². The molecule has 3 atom stereocenters. The van der Waals surface area contributed by atoms with Crippen LogP contribution < -0.4 is 5.32 Å². The first-order chi connectivity index (χ1) is 8.79. The van der Waals surface area contributed by atoms with Gasteiger partial charge >= 0.3 is 0 Å². The van der Waals surface area contributed by atoms with Gasteiger partial charge in [-0.25, -0.2) is 0 Å². The molecule has 3 unspecified atom stereocenters. The van der Waals surface area contributed by atoms with Crippen LogP contribution in [0.4, 0.5) is 0 Å². The summed E-state index contributed by atoms with van der Waals surface area (Å²) in [6, 6.07) is 4.85. The normalized spacial score (nSPS) is 31.8. The van der Waals surface area contributed by atoms with Gasteiger partial charge in [0.2, 0.25) is 0 Å². The van der Waals surface area contributed by atoms with Gasteiger partial charge in [0.05, 0.1) is 0 Å². The van der Waals surface area contributed by atoms with Crippen LogP contribution in [0.2, 0.25) is 0 Å². The fourth-order valence-electron chi connectivity index (χ4n) is 3.83. The molecule has 2 aliphatic rings. The Bertz CT molecular complexity index is 391. The average Bonchev–Trinajstić information content (AvgIpc) is 3.12. The van der Waals surface area contributed by atoms with Crippen molar-refractivity contribution in [3.8, 4) is 0 Å². The summed E-state index contributed by atoms with van der Waals surface area (Å²) in [6.45, 7) is 0. The number of rotatable bonds is 4. The summed E-state index contributed by atoms with van der Waals surface area (Å²) in [5, 5.41) is 3.53. The molecule has 0 amide bonds. The second-order valence-corrected chi connectivity index (χ2v) is 6.67. The summed E-state index contributed by atoms with van der Waals surface area (Å²) in [6.07, 6.45) is 8.79. The molecule has 0 spiro atoms. The van der Waals surface area contributed by atoms with Gasteiger partial charge in [0.25, 0.3) is 0 Å². The average molecular weight is 309 g/mol. The van der Waals surface area contributed by atoms with Crippen molar-refractivity contribution in [2.75, 3.05) is 7.05 Å². The second-order valence-electron chi connectivity index (χ2n) is 5.76. The molecule has 0 radical (unpaired) electrons. The van der Waals surface area contributed by atoms with Crippen LogP contribution in [0.1, 0.15) is 31.4 Å². The Labute approximate surface area is 118 Å². The molecule has 0 bridgehead atoms. The monoisotopic (exact) mass is 308 g/mol. The molecule has 2 saturated carbocycles. The molecule has 2 nitrogen and oxygen atoms in total. The van der Waals surface area contributed by atoms with Gasteiger partial charge in [0, 0.05) is 28.8 Å². The van der Waals surface area contributed by atoms with Crippen LogP contribution in [0.25, 0.3) is 0 Å². The lowest BCUT2D eigenvalue weighted by molar-refractivity contribution is 0.456. The van der Waals surface area contributed by atoms with Crippen LogP contribution in [0.5, 0.6) is 0 Å². The van der Waals surface area contributed by atoms with Gasteiger partial charge in [-0.2, -0.15) is 0 Å². The maximum absolute atomic E-state index is 4.51. The molecule has 0 saturated heterocycles. The van der Waals surface area contributed by atoms with Gasteiger partial charge < -0.3 is 5.32 Å². The van der Waals surface area contributed by atoms with E-state index in [4.69, 9.17) is 0 Å². The fourth-order valence-corrected chi connectivity index (χ4v) is 4.06. The predicted octanol–water partition coefficient (Wildman–Crippen LogP) is 3.41. The first-order valence-corrected chi connectivity index (χ1v) is 7.86. The van der Waals surface area contributed by atoms with E-state index in [1.165, 1.54) is 31.4 Å². The summed E-state index contributed by atoms with van der Waals surface area (Å²) in [5.41, 5.74) is 1.21. The minimum absolute atomic E-state index is 0.617. The van der Waals surface area contributed by atoms with Crippen molar-refractivity contribution in [2.45, 2.75) is 38.1 Å². The highest BCUT2D eigenvalue weighted by Gasteiger charge is 2.53. The number of aromatic nitrogens is 1.